The Labute approximate surface area is 199 Å². The molecule has 0 saturated carbocycles. The summed E-state index contributed by atoms with van der Waals surface area (Å²) in [6, 6.07) is 4.73. The normalized spacial score (nSPS) is 17.5. The van der Waals surface area contributed by atoms with Gasteiger partial charge in [-0.2, -0.15) is 13.2 Å². The number of carbonyl (C=O) groups is 2. The predicted octanol–water partition coefficient (Wildman–Crippen LogP) is 6.42. The number of benzene rings is 2. The summed E-state index contributed by atoms with van der Waals surface area (Å²) in [7, 11) is 0. The van der Waals surface area contributed by atoms with E-state index in [-0.39, 0.29) is 11.4 Å². The van der Waals surface area contributed by atoms with E-state index < -0.39 is 77.1 Å². The van der Waals surface area contributed by atoms with Crippen LogP contribution in [0, 0.1) is 5.82 Å². The molecule has 4 nitrogen and oxygen atoms in total. The Morgan fingerprint density at radius 3 is 2.49 bits per heavy atom. The zero-order valence-corrected chi connectivity index (χ0v) is 18.7. The molecule has 1 aliphatic heterocycles. The molecule has 2 aromatic carbocycles. The molecule has 2 aromatic rings. The van der Waals surface area contributed by atoms with E-state index in [2.05, 4.69) is 0 Å². The Hall–Kier alpha value is -3.08. The number of ether oxygens (including phenoxy) is 1. The fourth-order valence-corrected chi connectivity index (χ4v) is 3.67. The summed E-state index contributed by atoms with van der Waals surface area (Å²) in [5.41, 5.74) is -4.20. The molecule has 3 rings (SSSR count). The van der Waals surface area contributed by atoms with Gasteiger partial charge in [-0.25, -0.2) is 17.6 Å². The molecule has 1 heterocycles. The lowest BCUT2D eigenvalue weighted by Crippen LogP contribution is -2.34. The quantitative estimate of drug-likeness (QED) is 0.258. The number of halogens is 8. The zero-order valence-electron chi connectivity index (χ0n) is 17.9. The average Bonchev–Trinajstić information content (AvgIpc) is 2.85. The molecule has 12 heteroatoms. The molecule has 0 bridgehead atoms. The van der Waals surface area contributed by atoms with Gasteiger partial charge >= 0.3 is 6.18 Å². The SMILES string of the molecule is C[C@@H](F)COc1ccc(C(=O)N2CCC(F)(F)C(=CC(=O)Cl)c3cc(F)ccc32)c(C(F)(F)F)c1. The third-order valence-corrected chi connectivity index (χ3v) is 5.20. The first-order valence-corrected chi connectivity index (χ1v) is 10.5. The van der Waals surface area contributed by atoms with Gasteiger partial charge in [0.1, 0.15) is 24.3 Å². The van der Waals surface area contributed by atoms with Crippen LogP contribution < -0.4 is 9.64 Å². The van der Waals surface area contributed by atoms with Crippen molar-refractivity contribution in [2.24, 2.45) is 0 Å². The van der Waals surface area contributed by atoms with Gasteiger partial charge in [-0.1, -0.05) is 0 Å². The van der Waals surface area contributed by atoms with Crippen LogP contribution in [0.4, 0.5) is 36.4 Å². The molecule has 0 N–H and O–H groups in total. The third kappa shape index (κ3) is 5.95. The van der Waals surface area contributed by atoms with Gasteiger partial charge in [-0.3, -0.25) is 9.59 Å². The topological polar surface area (TPSA) is 46.6 Å². The minimum absolute atomic E-state index is 0.336. The van der Waals surface area contributed by atoms with Gasteiger partial charge in [-0.15, -0.1) is 0 Å². The zero-order chi connectivity index (χ0) is 26.1. The summed E-state index contributed by atoms with van der Waals surface area (Å²) in [5.74, 6) is -6.39. The van der Waals surface area contributed by atoms with E-state index >= 15 is 0 Å². The molecule has 188 valence electrons. The number of carbonyl (C=O) groups excluding carboxylic acids is 2. The molecule has 1 aliphatic rings. The number of nitrogens with zero attached hydrogens (tertiary/aromatic N) is 1. The van der Waals surface area contributed by atoms with E-state index in [1.165, 1.54) is 0 Å². The Morgan fingerprint density at radius 2 is 1.89 bits per heavy atom. The van der Waals surface area contributed by atoms with E-state index in [0.717, 1.165) is 31.2 Å². The van der Waals surface area contributed by atoms with Crippen molar-refractivity contribution in [3.8, 4) is 5.75 Å². The monoisotopic (exact) mass is 523 g/mol. The summed E-state index contributed by atoms with van der Waals surface area (Å²) in [5, 5.41) is -1.28. The summed E-state index contributed by atoms with van der Waals surface area (Å²) >= 11 is 5.24. The molecular weight excluding hydrogens is 507 g/mol. The molecule has 1 atom stereocenters. The van der Waals surface area contributed by atoms with Gasteiger partial charge in [0.25, 0.3) is 11.8 Å². The first-order chi connectivity index (χ1) is 16.2. The maximum absolute atomic E-state index is 14.8. The number of hydrogen-bond donors (Lipinski definition) is 0. The van der Waals surface area contributed by atoms with Crippen molar-refractivity contribution in [3.05, 3.63) is 65.0 Å². The summed E-state index contributed by atoms with van der Waals surface area (Å²) < 4.78 is 103. The molecule has 0 spiro atoms. The molecule has 0 radical (unpaired) electrons. The number of hydrogen-bond acceptors (Lipinski definition) is 3. The van der Waals surface area contributed by atoms with Crippen LogP contribution in [0.15, 0.2) is 42.5 Å². The van der Waals surface area contributed by atoms with Gasteiger partial charge < -0.3 is 9.64 Å². The molecule has 0 unspecified atom stereocenters. The molecule has 1 amide bonds. The van der Waals surface area contributed by atoms with Gasteiger partial charge in [0.2, 0.25) is 5.24 Å². The average molecular weight is 524 g/mol. The maximum atomic E-state index is 14.8. The highest BCUT2D eigenvalue weighted by molar-refractivity contribution is 6.67. The Balaban J connectivity index is 2.15. The molecule has 35 heavy (non-hydrogen) atoms. The van der Waals surface area contributed by atoms with Crippen molar-refractivity contribution in [1.82, 2.24) is 0 Å². The van der Waals surface area contributed by atoms with E-state index in [0.29, 0.717) is 23.1 Å². The van der Waals surface area contributed by atoms with Crippen LogP contribution in [0.2, 0.25) is 0 Å². The number of fused-ring (bicyclic) bond motifs is 1. The van der Waals surface area contributed by atoms with E-state index in [4.69, 9.17) is 16.3 Å². The highest BCUT2D eigenvalue weighted by atomic mass is 35.5. The van der Waals surface area contributed by atoms with E-state index in [9.17, 15) is 40.3 Å². The lowest BCUT2D eigenvalue weighted by molar-refractivity contribution is -0.138. The summed E-state index contributed by atoms with van der Waals surface area (Å²) in [6.45, 7) is -0.148. The van der Waals surface area contributed by atoms with Crippen molar-refractivity contribution < 1.29 is 45.1 Å². The molecule has 0 saturated heterocycles. The van der Waals surface area contributed by atoms with Gasteiger partial charge in [0, 0.05) is 30.2 Å². The number of allylic oxidation sites excluding steroid dienone is 2. The van der Waals surface area contributed by atoms with Crippen molar-refractivity contribution >= 4 is 34.0 Å². The molecule has 0 aliphatic carbocycles. The van der Waals surface area contributed by atoms with Crippen LogP contribution in [0.25, 0.3) is 5.57 Å². The minimum Gasteiger partial charge on any atom is -0.491 e. The second kappa shape index (κ2) is 9.88. The largest absolute Gasteiger partial charge is 0.491 e. The van der Waals surface area contributed by atoms with E-state index in [1.807, 2.05) is 0 Å². The van der Waals surface area contributed by atoms with Crippen LogP contribution in [0.3, 0.4) is 0 Å². The summed E-state index contributed by atoms with van der Waals surface area (Å²) in [4.78, 5) is 25.3. The molecule has 0 aromatic heterocycles. The fourth-order valence-electron chi connectivity index (χ4n) is 3.56. The van der Waals surface area contributed by atoms with Crippen molar-refractivity contribution in [2.45, 2.75) is 31.6 Å². The standard InChI is InChI=1S/C23H17ClF7NO3/c1-12(25)11-35-14-3-4-15(18(9-14)23(29,30)31)21(34)32-7-6-22(27,28)17(10-20(24)33)16-8-13(26)2-5-19(16)32/h2-5,8-10,12H,6-7,11H2,1H3/t12-/m1/s1. The second-order valence-electron chi connectivity index (χ2n) is 7.73. The Bertz CT molecular complexity index is 1180. The molecule has 0 fully saturated rings. The van der Waals surface area contributed by atoms with E-state index in [1.54, 1.807) is 0 Å². The highest BCUT2D eigenvalue weighted by Gasteiger charge is 2.43. The van der Waals surface area contributed by atoms with Crippen LogP contribution in [0.5, 0.6) is 5.75 Å². The van der Waals surface area contributed by atoms with Gasteiger partial charge in [0.15, 0.2) is 0 Å². The predicted molar refractivity (Wildman–Crippen MR) is 114 cm³/mol. The van der Waals surface area contributed by atoms with Crippen LogP contribution in [0.1, 0.15) is 34.8 Å². The number of amides is 1. The first kappa shape index (κ1) is 26.5. The van der Waals surface area contributed by atoms with Gasteiger partial charge in [0.05, 0.1) is 16.8 Å². The minimum atomic E-state index is -5.05. The fraction of sp³-hybridized carbons (Fsp3) is 0.304. The lowest BCUT2D eigenvalue weighted by Gasteiger charge is -2.24. The molecular formula is C23H17ClF7NO3. The number of alkyl halides is 6. The number of anilines is 1. The second-order valence-corrected chi connectivity index (χ2v) is 8.10. The van der Waals surface area contributed by atoms with Crippen molar-refractivity contribution in [1.29, 1.82) is 0 Å². The van der Waals surface area contributed by atoms with Gasteiger partial charge in [-0.05, 0) is 54.9 Å². The lowest BCUT2D eigenvalue weighted by atomic mass is 9.97. The summed E-state index contributed by atoms with van der Waals surface area (Å²) in [6.07, 6.45) is -7.22. The first-order valence-electron chi connectivity index (χ1n) is 10.1. The van der Waals surface area contributed by atoms with Crippen LogP contribution in [-0.4, -0.2) is 36.4 Å². The maximum Gasteiger partial charge on any atom is 0.417 e. The van der Waals surface area contributed by atoms with Crippen molar-refractivity contribution in [2.75, 3.05) is 18.1 Å². The van der Waals surface area contributed by atoms with Crippen molar-refractivity contribution in [3.63, 3.8) is 0 Å². The smallest absolute Gasteiger partial charge is 0.417 e. The highest BCUT2D eigenvalue weighted by Crippen LogP contribution is 2.44. The third-order valence-electron chi connectivity index (χ3n) is 5.09. The number of rotatable bonds is 5. The Kier molecular flexibility index (Phi) is 7.49. The Morgan fingerprint density at radius 1 is 1.20 bits per heavy atom. The van der Waals surface area contributed by atoms with Crippen LogP contribution in [-0.2, 0) is 11.0 Å². The van der Waals surface area contributed by atoms with Crippen LogP contribution >= 0.6 is 11.6 Å².